The quantitative estimate of drug-likeness (QED) is 0.418. The van der Waals surface area contributed by atoms with Gasteiger partial charge in [0.2, 0.25) is 5.91 Å². The Morgan fingerprint density at radius 1 is 0.919 bits per heavy atom. The maximum absolute atomic E-state index is 13.2. The van der Waals surface area contributed by atoms with Crippen molar-refractivity contribution >= 4 is 51.6 Å². The number of carbonyl (C=O) groups excluding carboxylic acids is 2. The fourth-order valence-electron chi connectivity index (χ4n) is 6.32. The van der Waals surface area contributed by atoms with Gasteiger partial charge in [0.1, 0.15) is 0 Å². The van der Waals surface area contributed by atoms with Crippen molar-refractivity contribution in [1.29, 1.82) is 0 Å². The van der Waals surface area contributed by atoms with Crippen molar-refractivity contribution in [2.75, 3.05) is 37.6 Å². The van der Waals surface area contributed by atoms with Gasteiger partial charge in [0, 0.05) is 86.0 Å². The average molecular weight is 540 g/mol. The van der Waals surface area contributed by atoms with Gasteiger partial charge in [-0.1, -0.05) is 36.0 Å². The monoisotopic (exact) mass is 538 g/mol. The van der Waals surface area contributed by atoms with Gasteiger partial charge in [-0.15, -0.1) is 0 Å². The number of nitrogens with zero attached hydrogens (tertiary/aromatic N) is 4. The highest BCUT2D eigenvalue weighted by Crippen LogP contribution is 2.32. The smallest absolute Gasteiger partial charge is 0.253 e. The zero-order chi connectivity index (χ0) is 25.5. The van der Waals surface area contributed by atoms with Gasteiger partial charge in [-0.2, -0.15) is 0 Å². The number of benzene rings is 2. The summed E-state index contributed by atoms with van der Waals surface area (Å²) in [7, 11) is 0. The molecule has 1 unspecified atom stereocenters. The summed E-state index contributed by atoms with van der Waals surface area (Å²) < 4.78 is 2.19. The molecule has 6 nitrogen and oxygen atoms in total. The molecular formula is C29H32Cl2N4O2. The van der Waals surface area contributed by atoms with Crippen LogP contribution < -0.4 is 4.90 Å². The fraction of sp³-hybridized carbons (Fsp3) is 0.448. The minimum atomic E-state index is 0.0979. The second kappa shape index (κ2) is 10.3. The first-order valence-electron chi connectivity index (χ1n) is 13.3. The number of anilines is 1. The Hall–Kier alpha value is -2.54. The van der Waals surface area contributed by atoms with Crippen LogP contribution in [0.4, 0.5) is 5.69 Å². The number of hydrogen-bond acceptors (Lipinski definition) is 3. The summed E-state index contributed by atoms with van der Waals surface area (Å²) in [4.78, 5) is 32.4. The maximum Gasteiger partial charge on any atom is 0.253 e. The van der Waals surface area contributed by atoms with Crippen LogP contribution in [0.15, 0.2) is 48.7 Å². The third kappa shape index (κ3) is 4.99. The molecule has 1 atom stereocenters. The van der Waals surface area contributed by atoms with E-state index in [-0.39, 0.29) is 17.7 Å². The molecule has 3 heterocycles. The molecule has 3 aromatic rings. The van der Waals surface area contributed by atoms with E-state index < -0.39 is 0 Å². The van der Waals surface area contributed by atoms with Gasteiger partial charge in [0.05, 0.1) is 10.0 Å². The molecule has 194 valence electrons. The molecule has 3 aliphatic rings. The van der Waals surface area contributed by atoms with Gasteiger partial charge in [-0.05, 0) is 55.3 Å². The van der Waals surface area contributed by atoms with Crippen LogP contribution in [0.25, 0.3) is 10.9 Å². The number of aromatic nitrogens is 1. The van der Waals surface area contributed by atoms with Crippen molar-refractivity contribution in [2.45, 2.75) is 44.7 Å². The predicted molar refractivity (Wildman–Crippen MR) is 149 cm³/mol. The molecule has 1 saturated carbocycles. The van der Waals surface area contributed by atoms with Crippen LogP contribution in [-0.2, 0) is 11.3 Å². The highest BCUT2D eigenvalue weighted by atomic mass is 35.5. The lowest BCUT2D eigenvalue weighted by atomic mass is 10.1. The fourth-order valence-corrected chi connectivity index (χ4v) is 6.61. The van der Waals surface area contributed by atoms with Crippen molar-refractivity contribution in [2.24, 2.45) is 5.92 Å². The average Bonchev–Trinajstić information content (AvgIpc) is 3.66. The normalized spacial score (nSPS) is 21.5. The van der Waals surface area contributed by atoms with E-state index in [2.05, 4.69) is 21.7 Å². The molecule has 2 saturated heterocycles. The van der Waals surface area contributed by atoms with Crippen molar-refractivity contribution in [1.82, 2.24) is 14.4 Å². The van der Waals surface area contributed by atoms with Crippen molar-refractivity contribution < 1.29 is 9.59 Å². The number of piperazine rings is 1. The lowest BCUT2D eigenvalue weighted by molar-refractivity contribution is -0.117. The van der Waals surface area contributed by atoms with Gasteiger partial charge in [-0.3, -0.25) is 14.5 Å². The molecule has 2 aliphatic heterocycles. The van der Waals surface area contributed by atoms with Gasteiger partial charge in [0.25, 0.3) is 5.91 Å². The molecule has 1 aliphatic carbocycles. The Kier molecular flexibility index (Phi) is 6.91. The minimum Gasteiger partial charge on any atom is -0.347 e. The van der Waals surface area contributed by atoms with E-state index in [1.807, 2.05) is 29.2 Å². The first-order valence-corrected chi connectivity index (χ1v) is 14.1. The van der Waals surface area contributed by atoms with Crippen molar-refractivity contribution in [3.63, 3.8) is 0 Å². The predicted octanol–water partition coefficient (Wildman–Crippen LogP) is 5.70. The number of fused-ring (bicyclic) bond motifs is 1. The van der Waals surface area contributed by atoms with Crippen molar-refractivity contribution in [3.8, 4) is 0 Å². The molecule has 3 fully saturated rings. The van der Waals surface area contributed by atoms with Crippen LogP contribution in [0, 0.1) is 5.92 Å². The summed E-state index contributed by atoms with van der Waals surface area (Å²) in [5.41, 5.74) is 2.62. The highest BCUT2D eigenvalue weighted by Gasteiger charge is 2.32. The number of amides is 2. The zero-order valence-corrected chi connectivity index (χ0v) is 22.4. The largest absolute Gasteiger partial charge is 0.347 e. The van der Waals surface area contributed by atoms with Gasteiger partial charge >= 0.3 is 0 Å². The number of rotatable bonds is 5. The molecule has 0 N–H and O–H groups in total. The van der Waals surface area contributed by atoms with E-state index in [1.165, 1.54) is 25.7 Å². The zero-order valence-electron chi connectivity index (χ0n) is 20.9. The molecule has 8 heteroatoms. The third-order valence-electron chi connectivity index (χ3n) is 8.34. The standard InChI is InChI=1S/C29H32Cl2N4O2/c30-25-7-6-24(17-26(25)31)35-19-20(15-28(35)36)18-34-10-9-21-16-22(5-8-27(21)34)29(37)33-13-11-32(12-14-33)23-3-1-2-4-23/h5-10,16-17,20,23H,1-4,11-15,18-19H2. The molecule has 1 aromatic heterocycles. The van der Waals surface area contributed by atoms with E-state index in [9.17, 15) is 9.59 Å². The summed E-state index contributed by atoms with van der Waals surface area (Å²) in [5.74, 6) is 0.412. The van der Waals surface area contributed by atoms with E-state index in [1.54, 1.807) is 17.0 Å². The summed E-state index contributed by atoms with van der Waals surface area (Å²) >= 11 is 12.2. The summed E-state index contributed by atoms with van der Waals surface area (Å²) in [5, 5.41) is 1.99. The Balaban J connectivity index is 1.10. The molecular weight excluding hydrogens is 507 g/mol. The Morgan fingerprint density at radius 2 is 1.70 bits per heavy atom. The van der Waals surface area contributed by atoms with E-state index in [4.69, 9.17) is 23.2 Å². The lowest BCUT2D eigenvalue weighted by Gasteiger charge is -2.38. The number of carbonyl (C=O) groups is 2. The molecule has 2 aromatic carbocycles. The number of halogens is 2. The summed E-state index contributed by atoms with van der Waals surface area (Å²) in [6.07, 6.45) is 7.86. The van der Waals surface area contributed by atoms with E-state index in [0.717, 1.165) is 60.9 Å². The topological polar surface area (TPSA) is 48.8 Å². The molecule has 0 bridgehead atoms. The van der Waals surface area contributed by atoms with Crippen molar-refractivity contribution in [3.05, 3.63) is 64.3 Å². The van der Waals surface area contributed by atoms with Gasteiger partial charge in [0.15, 0.2) is 0 Å². The van der Waals surface area contributed by atoms with E-state index in [0.29, 0.717) is 23.0 Å². The van der Waals surface area contributed by atoms with Crippen LogP contribution in [0.1, 0.15) is 42.5 Å². The first kappa shape index (κ1) is 24.8. The molecule has 37 heavy (non-hydrogen) atoms. The lowest BCUT2D eigenvalue weighted by Crippen LogP contribution is -2.51. The Bertz CT molecular complexity index is 1320. The highest BCUT2D eigenvalue weighted by molar-refractivity contribution is 6.42. The van der Waals surface area contributed by atoms with E-state index >= 15 is 0 Å². The summed E-state index contributed by atoms with van der Waals surface area (Å²) in [6, 6.07) is 14.1. The first-order chi connectivity index (χ1) is 18.0. The molecule has 2 amide bonds. The van der Waals surface area contributed by atoms with Crippen LogP contribution in [0.2, 0.25) is 10.0 Å². The Morgan fingerprint density at radius 3 is 2.46 bits per heavy atom. The van der Waals surface area contributed by atoms with Crippen LogP contribution in [-0.4, -0.2) is 64.9 Å². The molecule has 0 spiro atoms. The number of hydrogen-bond donors (Lipinski definition) is 0. The van der Waals surface area contributed by atoms with Gasteiger partial charge in [-0.25, -0.2) is 0 Å². The minimum absolute atomic E-state index is 0.0979. The third-order valence-corrected chi connectivity index (χ3v) is 9.07. The van der Waals surface area contributed by atoms with Crippen LogP contribution in [0.3, 0.4) is 0 Å². The summed E-state index contributed by atoms with van der Waals surface area (Å²) in [6.45, 7) is 4.95. The molecule has 6 rings (SSSR count). The Labute approximate surface area is 227 Å². The van der Waals surface area contributed by atoms with Crippen LogP contribution >= 0.6 is 23.2 Å². The van der Waals surface area contributed by atoms with Gasteiger partial charge < -0.3 is 14.4 Å². The SMILES string of the molecule is O=C(c1ccc2c(ccn2CC2CC(=O)N(c3ccc(Cl)c(Cl)c3)C2)c1)N1CCN(C2CCCC2)CC1. The molecule has 0 radical (unpaired) electrons. The maximum atomic E-state index is 13.2. The second-order valence-corrected chi connectivity index (χ2v) is 11.5. The second-order valence-electron chi connectivity index (χ2n) is 10.7. The van der Waals surface area contributed by atoms with Crippen LogP contribution in [0.5, 0.6) is 0 Å².